The van der Waals surface area contributed by atoms with E-state index >= 15 is 0 Å². The van der Waals surface area contributed by atoms with E-state index in [1.165, 1.54) is 13.3 Å². The highest BCUT2D eigenvalue weighted by molar-refractivity contribution is 7.93. The number of carbonyl (C=O) groups is 1. The van der Waals surface area contributed by atoms with Gasteiger partial charge in [-0.1, -0.05) is 0 Å². The van der Waals surface area contributed by atoms with Crippen molar-refractivity contribution < 1.29 is 17.9 Å². The largest absolute Gasteiger partial charge is 0.468 e. The SMILES string of the molecule is COC(=O)C1(c2ccnc(NS(=O)(=O)C3CC3)n2)CCc2c(cnn2C)C1. The molecule has 0 radical (unpaired) electrons. The van der Waals surface area contributed by atoms with Crippen LogP contribution in [0, 0.1) is 0 Å². The van der Waals surface area contributed by atoms with E-state index in [9.17, 15) is 13.2 Å². The zero-order chi connectivity index (χ0) is 19.2. The molecule has 1 N–H and O–H groups in total. The number of nitrogens with one attached hydrogen (secondary N) is 1. The van der Waals surface area contributed by atoms with Gasteiger partial charge in [0, 0.05) is 18.9 Å². The van der Waals surface area contributed by atoms with E-state index in [0.717, 1.165) is 11.3 Å². The highest BCUT2D eigenvalue weighted by atomic mass is 32.2. The molecule has 0 aliphatic heterocycles. The van der Waals surface area contributed by atoms with Gasteiger partial charge in [0.15, 0.2) is 0 Å². The number of hydrogen-bond acceptors (Lipinski definition) is 7. The van der Waals surface area contributed by atoms with Crippen molar-refractivity contribution in [1.29, 1.82) is 0 Å². The number of nitrogens with zero attached hydrogens (tertiary/aromatic N) is 4. The molecule has 4 rings (SSSR count). The number of hydrogen-bond donors (Lipinski definition) is 1. The van der Waals surface area contributed by atoms with Crippen LogP contribution in [0.1, 0.15) is 36.2 Å². The third-order valence-electron chi connectivity index (χ3n) is 5.35. The van der Waals surface area contributed by atoms with E-state index in [1.54, 1.807) is 12.3 Å². The molecule has 144 valence electrons. The third-order valence-corrected chi connectivity index (χ3v) is 7.16. The Kier molecular flexibility index (Phi) is 4.17. The maximum atomic E-state index is 12.8. The number of esters is 1. The van der Waals surface area contributed by atoms with E-state index < -0.39 is 21.4 Å². The molecule has 0 bridgehead atoms. The summed E-state index contributed by atoms with van der Waals surface area (Å²) in [5.41, 5.74) is 1.51. The lowest BCUT2D eigenvalue weighted by Crippen LogP contribution is -2.43. The van der Waals surface area contributed by atoms with Crippen LogP contribution in [0.3, 0.4) is 0 Å². The Labute approximate surface area is 157 Å². The number of fused-ring (bicyclic) bond motifs is 1. The second-order valence-electron chi connectivity index (χ2n) is 7.10. The maximum Gasteiger partial charge on any atom is 0.318 e. The third kappa shape index (κ3) is 3.07. The molecule has 10 heteroatoms. The zero-order valence-electron chi connectivity index (χ0n) is 15.2. The molecule has 2 heterocycles. The monoisotopic (exact) mass is 391 g/mol. The first-order valence-electron chi connectivity index (χ1n) is 8.79. The predicted molar refractivity (Wildman–Crippen MR) is 96.5 cm³/mol. The molecule has 1 saturated carbocycles. The smallest absolute Gasteiger partial charge is 0.318 e. The minimum absolute atomic E-state index is 0.0142. The van der Waals surface area contributed by atoms with Crippen LogP contribution in [0.5, 0.6) is 0 Å². The van der Waals surface area contributed by atoms with E-state index in [1.807, 2.05) is 11.7 Å². The average molecular weight is 391 g/mol. The Morgan fingerprint density at radius 2 is 2.19 bits per heavy atom. The molecule has 1 unspecified atom stereocenters. The molecule has 2 aromatic heterocycles. The van der Waals surface area contributed by atoms with Gasteiger partial charge in [0.25, 0.3) is 0 Å². The van der Waals surface area contributed by atoms with Crippen LogP contribution in [0.25, 0.3) is 0 Å². The van der Waals surface area contributed by atoms with Crippen molar-refractivity contribution in [3.63, 3.8) is 0 Å². The summed E-state index contributed by atoms with van der Waals surface area (Å²) in [6.07, 6.45) is 6.05. The molecule has 27 heavy (non-hydrogen) atoms. The fourth-order valence-electron chi connectivity index (χ4n) is 3.68. The highest BCUT2D eigenvalue weighted by Crippen LogP contribution is 2.39. The quantitative estimate of drug-likeness (QED) is 0.746. The summed E-state index contributed by atoms with van der Waals surface area (Å²) in [5.74, 6) is -0.411. The molecule has 2 aliphatic carbocycles. The topological polar surface area (TPSA) is 116 Å². The summed E-state index contributed by atoms with van der Waals surface area (Å²) < 4.78 is 33.7. The number of aromatic nitrogens is 4. The van der Waals surface area contributed by atoms with Crippen molar-refractivity contribution in [2.45, 2.75) is 42.8 Å². The molecule has 2 aliphatic rings. The van der Waals surface area contributed by atoms with Crippen molar-refractivity contribution >= 4 is 21.9 Å². The van der Waals surface area contributed by atoms with Gasteiger partial charge in [0.2, 0.25) is 16.0 Å². The van der Waals surface area contributed by atoms with Gasteiger partial charge in [-0.2, -0.15) is 5.10 Å². The second-order valence-corrected chi connectivity index (χ2v) is 9.06. The first-order valence-corrected chi connectivity index (χ1v) is 10.3. The molecule has 0 spiro atoms. The van der Waals surface area contributed by atoms with Crippen molar-refractivity contribution in [1.82, 2.24) is 19.7 Å². The van der Waals surface area contributed by atoms with Crippen molar-refractivity contribution in [2.24, 2.45) is 7.05 Å². The fourth-order valence-corrected chi connectivity index (χ4v) is 4.96. The van der Waals surface area contributed by atoms with Crippen LogP contribution in [0.2, 0.25) is 0 Å². The van der Waals surface area contributed by atoms with Gasteiger partial charge < -0.3 is 4.74 Å². The summed E-state index contributed by atoms with van der Waals surface area (Å²) in [6.45, 7) is 0. The minimum Gasteiger partial charge on any atom is -0.468 e. The number of aryl methyl sites for hydroxylation is 1. The Morgan fingerprint density at radius 1 is 1.41 bits per heavy atom. The average Bonchev–Trinajstić information content (AvgIpc) is 3.46. The number of methoxy groups -OCH3 is 1. The van der Waals surface area contributed by atoms with Crippen LogP contribution in [-0.4, -0.2) is 46.5 Å². The van der Waals surface area contributed by atoms with Gasteiger partial charge >= 0.3 is 5.97 Å². The van der Waals surface area contributed by atoms with E-state index in [-0.39, 0.29) is 11.2 Å². The van der Waals surface area contributed by atoms with Crippen LogP contribution in [-0.2, 0) is 44.9 Å². The van der Waals surface area contributed by atoms with Crippen LogP contribution in [0.15, 0.2) is 18.5 Å². The van der Waals surface area contributed by atoms with Crippen LogP contribution >= 0.6 is 0 Å². The Morgan fingerprint density at radius 3 is 2.89 bits per heavy atom. The van der Waals surface area contributed by atoms with Gasteiger partial charge in [0.1, 0.15) is 5.41 Å². The van der Waals surface area contributed by atoms with Gasteiger partial charge in [-0.25, -0.2) is 18.4 Å². The summed E-state index contributed by atoms with van der Waals surface area (Å²) in [7, 11) is -0.261. The summed E-state index contributed by atoms with van der Waals surface area (Å²) in [4.78, 5) is 21.2. The number of sulfonamides is 1. The molecule has 0 amide bonds. The molecular weight excluding hydrogens is 370 g/mol. The normalized spacial score (nSPS) is 22.1. The minimum atomic E-state index is -3.48. The molecule has 1 atom stereocenters. The Balaban J connectivity index is 1.72. The van der Waals surface area contributed by atoms with E-state index in [0.29, 0.717) is 37.8 Å². The summed E-state index contributed by atoms with van der Waals surface area (Å²) in [5, 5.41) is 3.89. The molecule has 0 aromatic carbocycles. The Hall–Kier alpha value is -2.49. The summed E-state index contributed by atoms with van der Waals surface area (Å²) >= 11 is 0. The maximum absolute atomic E-state index is 12.8. The number of ether oxygens (including phenoxy) is 1. The first kappa shape index (κ1) is 17.9. The van der Waals surface area contributed by atoms with E-state index in [4.69, 9.17) is 4.74 Å². The van der Waals surface area contributed by atoms with Crippen LogP contribution in [0.4, 0.5) is 5.95 Å². The van der Waals surface area contributed by atoms with E-state index in [2.05, 4.69) is 19.8 Å². The lowest BCUT2D eigenvalue weighted by Gasteiger charge is -2.34. The van der Waals surface area contributed by atoms with Gasteiger partial charge in [-0.15, -0.1) is 0 Å². The number of carbonyl (C=O) groups excluding carboxylic acids is 1. The highest BCUT2D eigenvalue weighted by Gasteiger charge is 2.46. The van der Waals surface area contributed by atoms with Crippen molar-refractivity contribution in [3.05, 3.63) is 35.4 Å². The molecular formula is C17H21N5O4S. The molecule has 2 aromatic rings. The molecule has 0 saturated heterocycles. The van der Waals surface area contributed by atoms with Crippen LogP contribution < -0.4 is 4.72 Å². The zero-order valence-corrected chi connectivity index (χ0v) is 16.0. The standard InChI is InChI=1S/C17H21N5O4S/c1-22-13-5-7-17(15(23)26-2,9-11(13)10-19-22)14-6-8-18-16(20-14)21-27(24,25)12-3-4-12/h6,8,10,12H,3-5,7,9H2,1-2H3,(H,18,20,21). The van der Waals surface area contributed by atoms with Gasteiger partial charge in [0.05, 0.1) is 24.3 Å². The lowest BCUT2D eigenvalue weighted by atomic mass is 9.71. The van der Waals surface area contributed by atoms with Gasteiger partial charge in [-0.05, 0) is 43.7 Å². The molecule has 1 fully saturated rings. The number of anilines is 1. The van der Waals surface area contributed by atoms with Crippen molar-refractivity contribution in [3.8, 4) is 0 Å². The fraction of sp³-hybridized carbons (Fsp3) is 0.529. The lowest BCUT2D eigenvalue weighted by molar-refractivity contribution is -0.148. The second kappa shape index (κ2) is 6.29. The van der Waals surface area contributed by atoms with Crippen molar-refractivity contribution in [2.75, 3.05) is 11.8 Å². The summed E-state index contributed by atoms with van der Waals surface area (Å²) in [6, 6.07) is 1.65. The molecule has 9 nitrogen and oxygen atoms in total. The number of rotatable bonds is 5. The Bertz CT molecular complexity index is 999. The predicted octanol–water partition coefficient (Wildman–Crippen LogP) is 0.714. The van der Waals surface area contributed by atoms with Gasteiger partial charge in [-0.3, -0.25) is 14.2 Å². The first-order chi connectivity index (χ1) is 12.9.